The summed E-state index contributed by atoms with van der Waals surface area (Å²) in [6.07, 6.45) is 0. The van der Waals surface area contributed by atoms with Gasteiger partial charge in [0.25, 0.3) is 5.91 Å². The number of methoxy groups -OCH3 is 2. The van der Waals surface area contributed by atoms with Gasteiger partial charge in [-0.1, -0.05) is 48.5 Å². The lowest BCUT2D eigenvalue weighted by molar-refractivity contribution is -0.113. The zero-order valence-electron chi connectivity index (χ0n) is 19.8. The fraction of sp³-hybridized carbons (Fsp3) is 0.185. The first-order valence-electron chi connectivity index (χ1n) is 11.1. The first kappa shape index (κ1) is 23.7. The molecule has 1 aliphatic rings. The molecule has 0 bridgehead atoms. The molecule has 0 spiro atoms. The number of carbonyl (C=O) groups excluding carboxylic acids is 2. The number of ether oxygens (including phenoxy) is 3. The van der Waals surface area contributed by atoms with Crippen LogP contribution < -0.4 is 30.2 Å². The summed E-state index contributed by atoms with van der Waals surface area (Å²) in [6.45, 7) is 2.04. The van der Waals surface area contributed by atoms with Crippen molar-refractivity contribution in [3.63, 3.8) is 0 Å². The number of nitrogens with one attached hydrogen (secondary N) is 3. The molecule has 4 rings (SSSR count). The fourth-order valence-electron chi connectivity index (χ4n) is 3.90. The van der Waals surface area contributed by atoms with Crippen LogP contribution in [0.5, 0.6) is 17.2 Å². The Hall–Kier alpha value is -4.46. The molecule has 3 N–H and O–H groups in total. The Kier molecular flexibility index (Phi) is 7.21. The fourth-order valence-corrected chi connectivity index (χ4v) is 3.90. The first-order valence-corrected chi connectivity index (χ1v) is 11.1. The third-order valence-electron chi connectivity index (χ3n) is 5.63. The lowest BCUT2D eigenvalue weighted by Gasteiger charge is -2.29. The molecule has 0 saturated carbocycles. The number of hydrogen-bond acceptors (Lipinski definition) is 5. The van der Waals surface area contributed by atoms with E-state index >= 15 is 0 Å². The summed E-state index contributed by atoms with van der Waals surface area (Å²) in [5.41, 5.74) is 3.02. The highest BCUT2D eigenvalue weighted by atomic mass is 16.5. The van der Waals surface area contributed by atoms with E-state index in [4.69, 9.17) is 14.2 Å². The predicted octanol–water partition coefficient (Wildman–Crippen LogP) is 4.55. The third kappa shape index (κ3) is 5.38. The van der Waals surface area contributed by atoms with Gasteiger partial charge in [-0.15, -0.1) is 0 Å². The molecule has 1 heterocycles. The van der Waals surface area contributed by atoms with Crippen LogP contribution in [0.2, 0.25) is 0 Å². The molecule has 8 heteroatoms. The third-order valence-corrected chi connectivity index (χ3v) is 5.63. The van der Waals surface area contributed by atoms with E-state index in [-0.39, 0.29) is 5.91 Å². The molecule has 1 atom stereocenters. The van der Waals surface area contributed by atoms with Crippen molar-refractivity contribution < 1.29 is 23.8 Å². The number of amides is 3. The van der Waals surface area contributed by atoms with E-state index in [9.17, 15) is 9.59 Å². The van der Waals surface area contributed by atoms with E-state index < -0.39 is 12.1 Å². The maximum absolute atomic E-state index is 13.4. The number of para-hydroxylation sites is 2. The number of carbonyl (C=O) groups is 2. The van der Waals surface area contributed by atoms with Crippen LogP contribution in [0, 0.1) is 0 Å². The minimum Gasteiger partial charge on any atom is -0.495 e. The average molecular weight is 474 g/mol. The van der Waals surface area contributed by atoms with Gasteiger partial charge in [0.15, 0.2) is 11.5 Å². The van der Waals surface area contributed by atoms with Crippen LogP contribution in [0.4, 0.5) is 10.5 Å². The van der Waals surface area contributed by atoms with Gasteiger partial charge in [-0.3, -0.25) is 4.79 Å². The van der Waals surface area contributed by atoms with Crippen LogP contribution in [-0.4, -0.2) is 26.2 Å². The predicted molar refractivity (Wildman–Crippen MR) is 133 cm³/mol. The highest BCUT2D eigenvalue weighted by Gasteiger charge is 2.32. The molecule has 0 radical (unpaired) electrons. The van der Waals surface area contributed by atoms with E-state index in [2.05, 4.69) is 16.0 Å². The molecule has 0 aromatic heterocycles. The van der Waals surface area contributed by atoms with Gasteiger partial charge in [0.2, 0.25) is 0 Å². The number of rotatable bonds is 8. The lowest BCUT2D eigenvalue weighted by atomic mass is 9.94. The van der Waals surface area contributed by atoms with Crippen molar-refractivity contribution in [3.05, 3.63) is 95.2 Å². The molecular weight excluding hydrogens is 446 g/mol. The number of allylic oxidation sites excluding steroid dienone is 1. The Bertz CT molecular complexity index is 1260. The second kappa shape index (κ2) is 10.6. The van der Waals surface area contributed by atoms with Crippen LogP contribution in [-0.2, 0) is 11.4 Å². The van der Waals surface area contributed by atoms with Crippen LogP contribution in [0.25, 0.3) is 0 Å². The topological polar surface area (TPSA) is 97.9 Å². The van der Waals surface area contributed by atoms with Gasteiger partial charge in [-0.25, -0.2) is 4.79 Å². The molecular formula is C27H27N3O5. The molecule has 35 heavy (non-hydrogen) atoms. The maximum atomic E-state index is 13.4. The van der Waals surface area contributed by atoms with Crippen molar-refractivity contribution >= 4 is 17.6 Å². The van der Waals surface area contributed by atoms with E-state index in [1.54, 1.807) is 50.4 Å². The molecule has 0 aliphatic carbocycles. The molecule has 0 fully saturated rings. The molecule has 0 unspecified atom stereocenters. The van der Waals surface area contributed by atoms with E-state index in [1.165, 1.54) is 7.11 Å². The Balaban J connectivity index is 1.65. The summed E-state index contributed by atoms with van der Waals surface area (Å²) in [4.78, 5) is 25.7. The van der Waals surface area contributed by atoms with Gasteiger partial charge in [0, 0.05) is 5.70 Å². The Morgan fingerprint density at radius 1 is 0.914 bits per heavy atom. The standard InChI is InChI=1S/C27H27N3O5/c1-17-24(26(31)29-20-11-7-8-12-21(20)33-2)25(30-27(32)28-17)19-13-14-22(34-3)23(15-19)35-16-18-9-5-4-6-10-18/h4-15,25H,16H2,1-3H3,(H,29,31)(H2,28,30,32)/t25-/m1/s1. The summed E-state index contributed by atoms with van der Waals surface area (Å²) in [5, 5.41) is 8.43. The highest BCUT2D eigenvalue weighted by Crippen LogP contribution is 2.35. The van der Waals surface area contributed by atoms with Gasteiger partial charge in [-0.05, 0) is 42.3 Å². The van der Waals surface area contributed by atoms with Gasteiger partial charge in [0.1, 0.15) is 12.4 Å². The van der Waals surface area contributed by atoms with E-state index in [0.29, 0.717) is 46.4 Å². The second-order valence-corrected chi connectivity index (χ2v) is 7.91. The molecule has 180 valence electrons. The van der Waals surface area contributed by atoms with Crippen molar-refractivity contribution in [2.24, 2.45) is 0 Å². The second-order valence-electron chi connectivity index (χ2n) is 7.91. The smallest absolute Gasteiger partial charge is 0.319 e. The normalized spacial score (nSPS) is 15.1. The van der Waals surface area contributed by atoms with Crippen molar-refractivity contribution in [1.29, 1.82) is 0 Å². The first-order chi connectivity index (χ1) is 17.0. The number of anilines is 1. The minimum absolute atomic E-state index is 0.343. The molecule has 0 saturated heterocycles. The monoisotopic (exact) mass is 473 g/mol. The Morgan fingerprint density at radius 3 is 2.37 bits per heavy atom. The molecule has 3 amide bonds. The minimum atomic E-state index is -0.705. The molecule has 3 aromatic rings. The van der Waals surface area contributed by atoms with Crippen molar-refractivity contribution in [2.45, 2.75) is 19.6 Å². The van der Waals surface area contributed by atoms with Crippen molar-refractivity contribution in [3.8, 4) is 17.2 Å². The summed E-state index contributed by atoms with van der Waals surface area (Å²) < 4.78 is 16.8. The van der Waals surface area contributed by atoms with Gasteiger partial charge < -0.3 is 30.2 Å². The largest absolute Gasteiger partial charge is 0.495 e. The summed E-state index contributed by atoms with van der Waals surface area (Å²) in [6, 6.07) is 21.1. The summed E-state index contributed by atoms with van der Waals surface area (Å²) in [5.74, 6) is 1.21. The van der Waals surface area contributed by atoms with Gasteiger partial charge >= 0.3 is 6.03 Å². The maximum Gasteiger partial charge on any atom is 0.319 e. The van der Waals surface area contributed by atoms with Gasteiger partial charge in [-0.2, -0.15) is 0 Å². The zero-order valence-corrected chi connectivity index (χ0v) is 19.8. The van der Waals surface area contributed by atoms with Crippen LogP contribution in [0.15, 0.2) is 84.1 Å². The summed E-state index contributed by atoms with van der Waals surface area (Å²) >= 11 is 0. The van der Waals surface area contributed by atoms with E-state index in [1.807, 2.05) is 36.4 Å². The summed E-state index contributed by atoms with van der Waals surface area (Å²) in [7, 11) is 3.10. The molecule has 1 aliphatic heterocycles. The zero-order chi connectivity index (χ0) is 24.8. The highest BCUT2D eigenvalue weighted by molar-refractivity contribution is 6.07. The van der Waals surface area contributed by atoms with Crippen molar-refractivity contribution in [2.75, 3.05) is 19.5 Å². The van der Waals surface area contributed by atoms with Crippen LogP contribution >= 0.6 is 0 Å². The SMILES string of the molecule is COc1ccccc1NC(=O)C1=C(C)NC(=O)N[C@@H]1c1ccc(OC)c(OCc2ccccc2)c1. The average Bonchev–Trinajstić information content (AvgIpc) is 2.87. The number of hydrogen-bond donors (Lipinski definition) is 3. The Morgan fingerprint density at radius 2 is 1.63 bits per heavy atom. The van der Waals surface area contributed by atoms with Crippen LogP contribution in [0.3, 0.4) is 0 Å². The van der Waals surface area contributed by atoms with Gasteiger partial charge in [0.05, 0.1) is 31.5 Å². The number of urea groups is 1. The van der Waals surface area contributed by atoms with E-state index in [0.717, 1.165) is 5.56 Å². The molecule has 8 nitrogen and oxygen atoms in total. The Labute approximate surface area is 203 Å². The molecule has 3 aromatic carbocycles. The quantitative estimate of drug-likeness (QED) is 0.446. The lowest BCUT2D eigenvalue weighted by Crippen LogP contribution is -2.46. The van der Waals surface area contributed by atoms with Crippen molar-refractivity contribution in [1.82, 2.24) is 10.6 Å². The van der Waals surface area contributed by atoms with Crippen LogP contribution in [0.1, 0.15) is 24.1 Å². The number of benzene rings is 3.